The number of aromatic amines is 1. The van der Waals surface area contributed by atoms with Crippen molar-refractivity contribution in [1.29, 1.82) is 0 Å². The van der Waals surface area contributed by atoms with Gasteiger partial charge in [0.1, 0.15) is 17.1 Å². The van der Waals surface area contributed by atoms with Crippen molar-refractivity contribution < 1.29 is 9.59 Å². The molecule has 7 rings (SSSR count). The van der Waals surface area contributed by atoms with Crippen LogP contribution in [0.2, 0.25) is 0 Å². The first-order chi connectivity index (χ1) is 15.6. The molecule has 1 atom stereocenters. The zero-order valence-electron chi connectivity index (χ0n) is 17.3. The van der Waals surface area contributed by atoms with Crippen molar-refractivity contribution in [3.05, 3.63) is 81.0 Å². The van der Waals surface area contributed by atoms with E-state index in [9.17, 15) is 14.4 Å². The first-order valence-corrected chi connectivity index (χ1v) is 11.1. The van der Waals surface area contributed by atoms with Crippen molar-refractivity contribution in [2.45, 2.75) is 44.2 Å². The molecule has 1 amide bonds. The van der Waals surface area contributed by atoms with Gasteiger partial charge < -0.3 is 9.88 Å². The SMILES string of the molecule is O=C1CCC(c2ncc3c(=O)[nH]c4cc5c(cc4n23)C2c3ccccc3CN2C5=O)CC1. The summed E-state index contributed by atoms with van der Waals surface area (Å²) in [4.78, 5) is 47.3. The van der Waals surface area contributed by atoms with Crippen LogP contribution in [0.25, 0.3) is 16.6 Å². The number of rotatable bonds is 1. The number of aromatic nitrogens is 3. The Morgan fingerprint density at radius 1 is 0.969 bits per heavy atom. The maximum atomic E-state index is 13.2. The van der Waals surface area contributed by atoms with E-state index >= 15 is 0 Å². The number of Topliss-reactive ketones (excluding diaryl/α,β-unsaturated/α-hetero) is 1. The molecule has 1 unspecified atom stereocenters. The van der Waals surface area contributed by atoms with Gasteiger partial charge in [0.2, 0.25) is 0 Å². The summed E-state index contributed by atoms with van der Waals surface area (Å²) in [6, 6.07) is 12.0. The highest BCUT2D eigenvalue weighted by molar-refractivity contribution is 6.03. The first kappa shape index (κ1) is 17.9. The number of carbonyl (C=O) groups excluding carboxylic acids is 2. The van der Waals surface area contributed by atoms with Crippen LogP contribution in [0.4, 0.5) is 0 Å². The van der Waals surface area contributed by atoms with E-state index in [-0.39, 0.29) is 23.4 Å². The molecule has 2 aromatic carbocycles. The zero-order valence-corrected chi connectivity index (χ0v) is 17.3. The Balaban J connectivity index is 1.49. The van der Waals surface area contributed by atoms with Gasteiger partial charge in [0.05, 0.1) is 23.3 Å². The number of carbonyl (C=O) groups is 2. The van der Waals surface area contributed by atoms with Gasteiger partial charge in [-0.05, 0) is 41.7 Å². The minimum absolute atomic E-state index is 0.000642. The van der Waals surface area contributed by atoms with Crippen LogP contribution in [0.3, 0.4) is 0 Å². The van der Waals surface area contributed by atoms with E-state index in [4.69, 9.17) is 0 Å². The van der Waals surface area contributed by atoms with Crippen molar-refractivity contribution in [3.8, 4) is 0 Å². The molecule has 4 heterocycles. The van der Waals surface area contributed by atoms with Crippen LogP contribution in [-0.2, 0) is 11.3 Å². The fourth-order valence-electron chi connectivity index (χ4n) is 5.82. The Kier molecular flexibility index (Phi) is 3.44. The van der Waals surface area contributed by atoms with Crippen molar-refractivity contribution in [2.75, 3.05) is 0 Å². The second-order valence-corrected chi connectivity index (χ2v) is 9.10. The molecular formula is C25H20N4O3. The van der Waals surface area contributed by atoms with Crippen LogP contribution in [0.5, 0.6) is 0 Å². The largest absolute Gasteiger partial charge is 0.323 e. The fraction of sp³-hybridized carbons (Fsp3) is 0.280. The third-order valence-electron chi connectivity index (χ3n) is 7.38. The topological polar surface area (TPSA) is 87.5 Å². The molecule has 2 aliphatic heterocycles. The summed E-state index contributed by atoms with van der Waals surface area (Å²) in [5, 5.41) is 0. The van der Waals surface area contributed by atoms with E-state index in [0.717, 1.165) is 35.3 Å². The molecule has 1 saturated carbocycles. The molecule has 0 radical (unpaired) electrons. The number of hydrogen-bond acceptors (Lipinski definition) is 4. The van der Waals surface area contributed by atoms with E-state index in [1.165, 1.54) is 5.56 Å². The average Bonchev–Trinajstić information content (AvgIpc) is 3.47. The van der Waals surface area contributed by atoms with Gasteiger partial charge in [0.15, 0.2) is 0 Å². The van der Waals surface area contributed by atoms with Gasteiger partial charge in [-0.2, -0.15) is 0 Å². The number of fused-ring (bicyclic) bond motifs is 8. The Hall–Kier alpha value is -3.74. The smallest absolute Gasteiger partial charge is 0.274 e. The van der Waals surface area contributed by atoms with Gasteiger partial charge in [-0.15, -0.1) is 0 Å². The first-order valence-electron chi connectivity index (χ1n) is 11.1. The lowest BCUT2D eigenvalue weighted by molar-refractivity contribution is -0.120. The highest BCUT2D eigenvalue weighted by atomic mass is 16.2. The summed E-state index contributed by atoms with van der Waals surface area (Å²) < 4.78 is 1.95. The molecule has 0 spiro atoms. The monoisotopic (exact) mass is 424 g/mol. The van der Waals surface area contributed by atoms with Crippen LogP contribution < -0.4 is 5.56 Å². The Morgan fingerprint density at radius 2 is 1.78 bits per heavy atom. The number of ketones is 1. The molecule has 3 aliphatic rings. The predicted molar refractivity (Wildman–Crippen MR) is 118 cm³/mol. The van der Waals surface area contributed by atoms with Gasteiger partial charge in [-0.1, -0.05) is 24.3 Å². The van der Waals surface area contributed by atoms with Crippen LogP contribution in [0, 0.1) is 0 Å². The minimum Gasteiger partial charge on any atom is -0.323 e. The lowest BCUT2D eigenvalue weighted by Gasteiger charge is -2.20. The molecule has 4 aromatic rings. The number of hydrogen-bond donors (Lipinski definition) is 1. The van der Waals surface area contributed by atoms with Gasteiger partial charge in [0, 0.05) is 30.9 Å². The maximum Gasteiger partial charge on any atom is 0.274 e. The molecular weight excluding hydrogens is 404 g/mol. The van der Waals surface area contributed by atoms with Crippen molar-refractivity contribution >= 4 is 28.2 Å². The highest BCUT2D eigenvalue weighted by Crippen LogP contribution is 2.46. The van der Waals surface area contributed by atoms with E-state index in [1.54, 1.807) is 6.20 Å². The number of benzene rings is 2. The number of nitrogens with one attached hydrogen (secondary N) is 1. The fourth-order valence-corrected chi connectivity index (χ4v) is 5.82. The number of imidazole rings is 1. The number of amides is 1. The molecule has 7 nitrogen and oxygen atoms in total. The quantitative estimate of drug-likeness (QED) is 0.507. The molecule has 1 N–H and O–H groups in total. The van der Waals surface area contributed by atoms with E-state index < -0.39 is 0 Å². The third kappa shape index (κ3) is 2.25. The van der Waals surface area contributed by atoms with Gasteiger partial charge in [-0.3, -0.25) is 18.8 Å². The lowest BCUT2D eigenvalue weighted by atomic mass is 9.88. The van der Waals surface area contributed by atoms with Gasteiger partial charge >= 0.3 is 0 Å². The summed E-state index contributed by atoms with van der Waals surface area (Å²) in [6.07, 6.45) is 4.23. The molecule has 158 valence electrons. The van der Waals surface area contributed by atoms with E-state index in [0.29, 0.717) is 41.8 Å². The van der Waals surface area contributed by atoms with E-state index in [1.807, 2.05) is 27.5 Å². The second kappa shape index (κ2) is 6.16. The Labute approximate surface area is 182 Å². The minimum atomic E-state index is -0.223. The van der Waals surface area contributed by atoms with Crippen LogP contribution in [-0.4, -0.2) is 31.0 Å². The standard InChI is InChI=1S/C25H20N4O3/c30-15-7-5-13(6-8-15)23-26-11-21-24(31)27-19-9-18-17(10-20(19)29(21)23)22-16-4-2-1-3-14(16)12-28(22)25(18)32/h1-4,9-11,13,22H,5-8,12H2,(H,27,31). The van der Waals surface area contributed by atoms with Gasteiger partial charge in [0.25, 0.3) is 11.5 Å². The second-order valence-electron chi connectivity index (χ2n) is 9.10. The average molecular weight is 424 g/mol. The molecule has 32 heavy (non-hydrogen) atoms. The molecule has 7 heteroatoms. The van der Waals surface area contributed by atoms with Gasteiger partial charge in [-0.25, -0.2) is 4.98 Å². The van der Waals surface area contributed by atoms with Crippen LogP contribution in [0.15, 0.2) is 47.4 Å². The summed E-state index contributed by atoms with van der Waals surface area (Å²) >= 11 is 0. The van der Waals surface area contributed by atoms with Crippen molar-refractivity contribution in [1.82, 2.24) is 19.3 Å². The predicted octanol–water partition coefficient (Wildman–Crippen LogP) is 3.46. The van der Waals surface area contributed by atoms with Crippen LogP contribution >= 0.6 is 0 Å². The number of H-pyrrole nitrogens is 1. The summed E-state index contributed by atoms with van der Waals surface area (Å²) in [7, 11) is 0. The molecule has 1 fully saturated rings. The zero-order chi connectivity index (χ0) is 21.6. The summed E-state index contributed by atoms with van der Waals surface area (Å²) in [5.41, 5.74) is 5.72. The third-order valence-corrected chi connectivity index (χ3v) is 7.38. The molecule has 0 saturated heterocycles. The highest BCUT2D eigenvalue weighted by Gasteiger charge is 2.43. The van der Waals surface area contributed by atoms with E-state index in [2.05, 4.69) is 28.2 Å². The molecule has 0 bridgehead atoms. The normalized spacial score (nSPS) is 20.2. The molecule has 1 aliphatic carbocycles. The Bertz CT molecular complexity index is 1540. The Morgan fingerprint density at radius 3 is 2.62 bits per heavy atom. The van der Waals surface area contributed by atoms with Crippen molar-refractivity contribution in [3.63, 3.8) is 0 Å². The molecule has 2 aromatic heterocycles. The number of nitrogens with zero attached hydrogens (tertiary/aromatic N) is 3. The van der Waals surface area contributed by atoms with Crippen LogP contribution in [0.1, 0.15) is 70.5 Å². The van der Waals surface area contributed by atoms with Crippen molar-refractivity contribution in [2.24, 2.45) is 0 Å². The summed E-state index contributed by atoms with van der Waals surface area (Å²) in [6.45, 7) is 0.600. The summed E-state index contributed by atoms with van der Waals surface area (Å²) in [5.74, 6) is 1.26. The maximum absolute atomic E-state index is 13.2. The lowest BCUT2D eigenvalue weighted by Crippen LogP contribution is -2.21.